The van der Waals surface area contributed by atoms with Gasteiger partial charge in [0.05, 0.1) is 18.2 Å². The van der Waals surface area contributed by atoms with Crippen LogP contribution in [0.1, 0.15) is 18.9 Å². The van der Waals surface area contributed by atoms with Crippen LogP contribution in [-0.2, 0) is 6.42 Å². The van der Waals surface area contributed by atoms with Gasteiger partial charge in [0.25, 0.3) is 0 Å². The second-order valence-electron chi connectivity index (χ2n) is 6.85. The van der Waals surface area contributed by atoms with Crippen molar-refractivity contribution in [3.05, 3.63) is 88.4 Å². The molecule has 0 aliphatic heterocycles. The summed E-state index contributed by atoms with van der Waals surface area (Å²) in [4.78, 5) is 0. The molecule has 1 atom stereocenters. The van der Waals surface area contributed by atoms with Gasteiger partial charge in [0.15, 0.2) is 0 Å². The number of halogens is 2. The fourth-order valence-corrected chi connectivity index (χ4v) is 3.35. The summed E-state index contributed by atoms with van der Waals surface area (Å²) in [5.41, 5.74) is 2.32. The van der Waals surface area contributed by atoms with E-state index in [2.05, 4.69) is 29.6 Å². The van der Waals surface area contributed by atoms with Crippen molar-refractivity contribution in [2.45, 2.75) is 25.9 Å². The first-order valence-electron chi connectivity index (χ1n) is 9.72. The highest BCUT2D eigenvalue weighted by Gasteiger charge is 2.08. The van der Waals surface area contributed by atoms with Gasteiger partial charge in [-0.25, -0.2) is 0 Å². The van der Waals surface area contributed by atoms with Gasteiger partial charge < -0.3 is 14.8 Å². The van der Waals surface area contributed by atoms with Crippen molar-refractivity contribution in [3.8, 4) is 11.5 Å². The van der Waals surface area contributed by atoms with Gasteiger partial charge in [0, 0.05) is 16.8 Å². The number of anilines is 1. The van der Waals surface area contributed by atoms with E-state index in [0.717, 1.165) is 24.3 Å². The van der Waals surface area contributed by atoms with Gasteiger partial charge in [-0.3, -0.25) is 0 Å². The smallest absolute Gasteiger partial charge is 0.138 e. The van der Waals surface area contributed by atoms with E-state index in [9.17, 15) is 0 Å². The van der Waals surface area contributed by atoms with Crippen LogP contribution in [0.25, 0.3) is 0 Å². The van der Waals surface area contributed by atoms with Gasteiger partial charge in [-0.2, -0.15) is 0 Å². The first-order chi connectivity index (χ1) is 14.1. The van der Waals surface area contributed by atoms with Crippen LogP contribution >= 0.6 is 23.2 Å². The topological polar surface area (TPSA) is 30.5 Å². The Bertz CT molecular complexity index is 902. The Labute approximate surface area is 182 Å². The molecule has 0 bridgehead atoms. The SMILES string of the molecule is CC(CNc1cccc(OCCCc2ccccc2)c1)Oc1ccc(Cl)cc1Cl. The van der Waals surface area contributed by atoms with E-state index < -0.39 is 0 Å². The molecule has 1 N–H and O–H groups in total. The number of aryl methyl sites for hydroxylation is 1. The average Bonchev–Trinajstić information content (AvgIpc) is 2.73. The van der Waals surface area contributed by atoms with Crippen LogP contribution in [0.3, 0.4) is 0 Å². The van der Waals surface area contributed by atoms with Crippen LogP contribution in [0.5, 0.6) is 11.5 Å². The quantitative estimate of drug-likeness (QED) is 0.356. The fourth-order valence-electron chi connectivity index (χ4n) is 2.90. The Morgan fingerprint density at radius 1 is 0.931 bits per heavy atom. The second kappa shape index (κ2) is 11.0. The highest BCUT2D eigenvalue weighted by molar-refractivity contribution is 6.35. The van der Waals surface area contributed by atoms with E-state index in [0.29, 0.717) is 28.9 Å². The maximum absolute atomic E-state index is 6.16. The van der Waals surface area contributed by atoms with E-state index in [1.165, 1.54) is 5.56 Å². The molecular formula is C24H25Cl2NO2. The molecule has 3 aromatic carbocycles. The standard InChI is InChI=1S/C24H25Cl2NO2/c1-18(29-24-13-12-20(25)15-23(24)26)17-27-21-10-5-11-22(16-21)28-14-6-9-19-7-3-2-4-8-19/h2-5,7-8,10-13,15-16,18,27H,6,9,14,17H2,1H3. The van der Waals surface area contributed by atoms with Crippen molar-refractivity contribution in [2.24, 2.45) is 0 Å². The van der Waals surface area contributed by atoms with Crippen LogP contribution in [0, 0.1) is 0 Å². The number of hydrogen-bond donors (Lipinski definition) is 1. The Morgan fingerprint density at radius 2 is 1.76 bits per heavy atom. The zero-order valence-corrected chi connectivity index (χ0v) is 17.9. The summed E-state index contributed by atoms with van der Waals surface area (Å²) in [6.45, 7) is 3.31. The lowest BCUT2D eigenvalue weighted by atomic mass is 10.1. The summed E-state index contributed by atoms with van der Waals surface area (Å²) < 4.78 is 11.8. The Balaban J connectivity index is 1.43. The summed E-state index contributed by atoms with van der Waals surface area (Å²) in [7, 11) is 0. The van der Waals surface area contributed by atoms with Crippen molar-refractivity contribution in [3.63, 3.8) is 0 Å². The number of nitrogens with one attached hydrogen (secondary N) is 1. The third-order valence-corrected chi connectivity index (χ3v) is 4.90. The lowest BCUT2D eigenvalue weighted by Gasteiger charge is -2.17. The number of benzene rings is 3. The van der Waals surface area contributed by atoms with E-state index in [4.69, 9.17) is 32.7 Å². The highest BCUT2D eigenvalue weighted by atomic mass is 35.5. The van der Waals surface area contributed by atoms with Gasteiger partial charge in [-0.15, -0.1) is 0 Å². The van der Waals surface area contributed by atoms with Gasteiger partial charge >= 0.3 is 0 Å². The molecule has 0 saturated carbocycles. The molecule has 3 rings (SSSR count). The molecule has 0 heterocycles. The average molecular weight is 430 g/mol. The van der Waals surface area contributed by atoms with Crippen molar-refractivity contribution in [1.29, 1.82) is 0 Å². The van der Waals surface area contributed by atoms with E-state index in [1.54, 1.807) is 18.2 Å². The van der Waals surface area contributed by atoms with E-state index in [-0.39, 0.29) is 6.10 Å². The van der Waals surface area contributed by atoms with Crippen molar-refractivity contribution in [2.75, 3.05) is 18.5 Å². The predicted molar refractivity (Wildman–Crippen MR) is 122 cm³/mol. The van der Waals surface area contributed by atoms with Crippen molar-refractivity contribution >= 4 is 28.9 Å². The minimum atomic E-state index is -0.0656. The van der Waals surface area contributed by atoms with Gasteiger partial charge in [0.1, 0.15) is 17.6 Å². The Kier molecular flexibility index (Phi) is 8.09. The normalized spacial score (nSPS) is 11.7. The second-order valence-corrected chi connectivity index (χ2v) is 7.69. The molecule has 5 heteroatoms. The Hall–Kier alpha value is -2.36. The molecule has 1 unspecified atom stereocenters. The van der Waals surface area contributed by atoms with Crippen molar-refractivity contribution < 1.29 is 9.47 Å². The molecule has 0 aliphatic carbocycles. The van der Waals surface area contributed by atoms with E-state index in [1.807, 2.05) is 37.3 Å². The molecule has 0 saturated heterocycles. The van der Waals surface area contributed by atoms with Crippen LogP contribution < -0.4 is 14.8 Å². The van der Waals surface area contributed by atoms with E-state index >= 15 is 0 Å². The summed E-state index contributed by atoms with van der Waals surface area (Å²) in [5.74, 6) is 1.48. The molecule has 0 fully saturated rings. The lowest BCUT2D eigenvalue weighted by molar-refractivity contribution is 0.235. The number of ether oxygens (including phenoxy) is 2. The molecule has 0 spiro atoms. The third kappa shape index (κ3) is 7.19. The molecule has 152 valence electrons. The first kappa shape index (κ1) is 21.4. The monoisotopic (exact) mass is 429 g/mol. The molecule has 3 aromatic rings. The minimum absolute atomic E-state index is 0.0656. The maximum Gasteiger partial charge on any atom is 0.138 e. The maximum atomic E-state index is 6.16. The largest absolute Gasteiger partial charge is 0.494 e. The summed E-state index contributed by atoms with van der Waals surface area (Å²) in [6, 6.07) is 23.7. The van der Waals surface area contributed by atoms with Crippen LogP contribution in [-0.4, -0.2) is 19.3 Å². The fraction of sp³-hybridized carbons (Fsp3) is 0.250. The molecule has 3 nitrogen and oxygen atoms in total. The number of hydrogen-bond acceptors (Lipinski definition) is 3. The molecule has 29 heavy (non-hydrogen) atoms. The van der Waals surface area contributed by atoms with Gasteiger partial charge in [0.2, 0.25) is 0 Å². The van der Waals surface area contributed by atoms with Gasteiger partial charge in [-0.05, 0) is 55.7 Å². The zero-order valence-electron chi connectivity index (χ0n) is 16.4. The summed E-state index contributed by atoms with van der Waals surface area (Å²) in [5, 5.41) is 4.48. The molecular weight excluding hydrogens is 405 g/mol. The molecule has 0 aliphatic rings. The number of rotatable bonds is 10. The minimum Gasteiger partial charge on any atom is -0.494 e. The summed E-state index contributed by atoms with van der Waals surface area (Å²) >= 11 is 12.1. The van der Waals surface area contributed by atoms with Crippen LogP contribution in [0.2, 0.25) is 10.0 Å². The van der Waals surface area contributed by atoms with Crippen molar-refractivity contribution in [1.82, 2.24) is 0 Å². The molecule has 0 radical (unpaired) electrons. The zero-order chi connectivity index (χ0) is 20.5. The third-order valence-electron chi connectivity index (χ3n) is 4.37. The highest BCUT2D eigenvalue weighted by Crippen LogP contribution is 2.28. The predicted octanol–water partition coefficient (Wildman–Crippen LogP) is 6.88. The molecule has 0 aromatic heterocycles. The molecule has 0 amide bonds. The first-order valence-corrected chi connectivity index (χ1v) is 10.5. The van der Waals surface area contributed by atoms with Crippen LogP contribution in [0.4, 0.5) is 5.69 Å². The Morgan fingerprint density at radius 3 is 2.55 bits per heavy atom. The van der Waals surface area contributed by atoms with Crippen LogP contribution in [0.15, 0.2) is 72.8 Å². The summed E-state index contributed by atoms with van der Waals surface area (Å²) in [6.07, 6.45) is 1.93. The lowest BCUT2D eigenvalue weighted by Crippen LogP contribution is -2.22. The van der Waals surface area contributed by atoms with Gasteiger partial charge in [-0.1, -0.05) is 59.6 Å².